The van der Waals surface area contributed by atoms with Crippen LogP contribution in [-0.2, 0) is 30.3 Å². The zero-order valence-electron chi connectivity index (χ0n) is 17.3. The molecule has 0 spiro atoms. The third kappa shape index (κ3) is 5.62. The van der Waals surface area contributed by atoms with E-state index >= 15 is 0 Å². The topological polar surface area (TPSA) is 156 Å². The first-order valence-corrected chi connectivity index (χ1v) is 9.57. The summed E-state index contributed by atoms with van der Waals surface area (Å²) in [7, 11) is 0. The Bertz CT molecular complexity index is 779. The van der Waals surface area contributed by atoms with E-state index in [1.165, 1.54) is 25.1 Å². The molecule has 0 atom stereocenters. The maximum absolute atomic E-state index is 12.5. The smallest absolute Gasteiger partial charge is 0.344 e. The summed E-state index contributed by atoms with van der Waals surface area (Å²) in [6.07, 6.45) is -0.180. The number of carbonyl (C=O) groups excluding carboxylic acids is 2. The molecule has 166 valence electrons. The van der Waals surface area contributed by atoms with Gasteiger partial charge in [0.1, 0.15) is 5.75 Å². The van der Waals surface area contributed by atoms with Crippen LogP contribution in [0.15, 0.2) is 18.2 Å². The standard InChI is InChI=1S/C20H28N2O8/c1-4-7-16(23)22(5-2)20(18(25)26,19(27)28)11-13-10-14(21)8-9-15(13)30-12-17(24)29-6-3/h8-10H,4-7,11-12,21H2,1-3H3,(H,25,26)(H,27,28). The lowest BCUT2D eigenvalue weighted by Crippen LogP contribution is -2.63. The Labute approximate surface area is 174 Å². The minimum Gasteiger partial charge on any atom is -0.482 e. The largest absolute Gasteiger partial charge is 0.482 e. The van der Waals surface area contributed by atoms with Crippen molar-refractivity contribution in [2.75, 3.05) is 25.5 Å². The van der Waals surface area contributed by atoms with Gasteiger partial charge in [0.15, 0.2) is 6.61 Å². The SMILES string of the molecule is CCCC(=O)N(CC)C(Cc1cc(N)ccc1OCC(=O)OCC)(C(=O)O)C(=O)O. The normalized spacial score (nSPS) is 10.9. The van der Waals surface area contributed by atoms with Crippen LogP contribution in [0.1, 0.15) is 39.2 Å². The predicted octanol–water partition coefficient (Wildman–Crippen LogP) is 1.31. The number of rotatable bonds is 12. The third-order valence-corrected chi connectivity index (χ3v) is 4.43. The van der Waals surface area contributed by atoms with Crippen molar-refractivity contribution in [3.05, 3.63) is 23.8 Å². The van der Waals surface area contributed by atoms with E-state index in [0.717, 1.165) is 4.90 Å². The van der Waals surface area contributed by atoms with Gasteiger partial charge in [-0.1, -0.05) is 6.92 Å². The van der Waals surface area contributed by atoms with Crippen LogP contribution in [0.4, 0.5) is 5.69 Å². The molecular weight excluding hydrogens is 396 g/mol. The van der Waals surface area contributed by atoms with Gasteiger partial charge in [-0.25, -0.2) is 14.4 Å². The molecule has 0 aliphatic heterocycles. The molecule has 1 aromatic carbocycles. The monoisotopic (exact) mass is 424 g/mol. The number of carboxylic acids is 2. The van der Waals surface area contributed by atoms with E-state index in [0.29, 0.717) is 6.42 Å². The quantitative estimate of drug-likeness (QED) is 0.256. The lowest BCUT2D eigenvalue weighted by atomic mass is 9.87. The molecule has 0 bridgehead atoms. The maximum atomic E-state index is 12.5. The molecule has 1 aromatic rings. The molecule has 10 nitrogen and oxygen atoms in total. The van der Waals surface area contributed by atoms with Gasteiger partial charge in [0.25, 0.3) is 0 Å². The predicted molar refractivity (Wildman–Crippen MR) is 107 cm³/mol. The summed E-state index contributed by atoms with van der Waals surface area (Å²) < 4.78 is 10.2. The fraction of sp³-hybridized carbons (Fsp3) is 0.500. The van der Waals surface area contributed by atoms with Crippen molar-refractivity contribution >= 4 is 29.5 Å². The second-order valence-electron chi connectivity index (χ2n) is 6.50. The molecule has 0 aliphatic carbocycles. The summed E-state index contributed by atoms with van der Waals surface area (Å²) in [6, 6.07) is 4.23. The first-order valence-electron chi connectivity index (χ1n) is 9.57. The molecule has 0 saturated carbocycles. The van der Waals surface area contributed by atoms with Crippen molar-refractivity contribution in [1.29, 1.82) is 0 Å². The number of likely N-dealkylation sites (N-methyl/N-ethyl adjacent to an activating group) is 1. The zero-order valence-corrected chi connectivity index (χ0v) is 17.3. The van der Waals surface area contributed by atoms with Crippen molar-refractivity contribution in [3.63, 3.8) is 0 Å². The van der Waals surface area contributed by atoms with Crippen LogP contribution in [0, 0.1) is 0 Å². The average molecular weight is 424 g/mol. The molecular formula is C20H28N2O8. The van der Waals surface area contributed by atoms with Crippen molar-refractivity contribution < 1.29 is 38.9 Å². The van der Waals surface area contributed by atoms with Gasteiger partial charge >= 0.3 is 17.9 Å². The van der Waals surface area contributed by atoms with Crippen LogP contribution in [0.3, 0.4) is 0 Å². The highest BCUT2D eigenvalue weighted by atomic mass is 16.6. The van der Waals surface area contributed by atoms with E-state index < -0.39 is 42.4 Å². The number of nitrogens with zero attached hydrogens (tertiary/aromatic N) is 1. The molecule has 0 aromatic heterocycles. The molecule has 4 N–H and O–H groups in total. The molecule has 30 heavy (non-hydrogen) atoms. The summed E-state index contributed by atoms with van der Waals surface area (Å²) in [5, 5.41) is 19.8. The second-order valence-corrected chi connectivity index (χ2v) is 6.50. The van der Waals surface area contributed by atoms with Crippen LogP contribution < -0.4 is 10.5 Å². The number of nitrogens with two attached hydrogens (primary N) is 1. The van der Waals surface area contributed by atoms with E-state index in [4.69, 9.17) is 15.2 Å². The minimum absolute atomic E-state index is 0.000700. The molecule has 0 aliphatic rings. The molecule has 0 heterocycles. The van der Waals surface area contributed by atoms with Gasteiger partial charge in [0, 0.05) is 25.1 Å². The van der Waals surface area contributed by atoms with Crippen LogP contribution in [0.5, 0.6) is 5.75 Å². The fourth-order valence-corrected chi connectivity index (χ4v) is 3.07. The highest BCUT2D eigenvalue weighted by molar-refractivity contribution is 6.06. The number of hydrogen-bond donors (Lipinski definition) is 3. The van der Waals surface area contributed by atoms with Gasteiger partial charge in [-0.15, -0.1) is 0 Å². The molecule has 0 unspecified atom stereocenters. The van der Waals surface area contributed by atoms with Crippen molar-refractivity contribution in [2.45, 2.75) is 45.6 Å². The highest BCUT2D eigenvalue weighted by Gasteiger charge is 2.53. The third-order valence-electron chi connectivity index (χ3n) is 4.43. The molecule has 0 radical (unpaired) electrons. The van der Waals surface area contributed by atoms with E-state index in [9.17, 15) is 29.4 Å². The number of esters is 1. The van der Waals surface area contributed by atoms with Crippen molar-refractivity contribution in [3.8, 4) is 5.75 Å². The van der Waals surface area contributed by atoms with Gasteiger partial charge in [-0.05, 0) is 44.0 Å². The summed E-state index contributed by atoms with van der Waals surface area (Å²) >= 11 is 0. The number of carbonyl (C=O) groups is 4. The van der Waals surface area contributed by atoms with Crippen molar-refractivity contribution in [1.82, 2.24) is 4.90 Å². The van der Waals surface area contributed by atoms with Crippen molar-refractivity contribution in [2.24, 2.45) is 0 Å². The molecule has 10 heteroatoms. The summed E-state index contributed by atoms with van der Waals surface area (Å²) in [4.78, 5) is 49.4. The summed E-state index contributed by atoms with van der Waals surface area (Å²) in [5.74, 6) is -4.55. The van der Waals surface area contributed by atoms with E-state index in [-0.39, 0.29) is 36.6 Å². The number of benzene rings is 1. The lowest BCUT2D eigenvalue weighted by Gasteiger charge is -2.37. The van der Waals surface area contributed by atoms with E-state index in [1.54, 1.807) is 13.8 Å². The highest BCUT2D eigenvalue weighted by Crippen LogP contribution is 2.30. The molecule has 0 saturated heterocycles. The summed E-state index contributed by atoms with van der Waals surface area (Å²) in [6.45, 7) is 4.44. The molecule has 0 fully saturated rings. The van der Waals surface area contributed by atoms with Gasteiger partial charge in [-0.3, -0.25) is 4.79 Å². The van der Waals surface area contributed by atoms with Crippen LogP contribution in [-0.4, -0.2) is 64.2 Å². The number of nitrogen functional groups attached to an aromatic ring is 1. The van der Waals surface area contributed by atoms with Crippen LogP contribution >= 0.6 is 0 Å². The molecule has 1 rings (SSSR count). The zero-order chi connectivity index (χ0) is 22.9. The average Bonchev–Trinajstić information content (AvgIpc) is 2.67. The van der Waals surface area contributed by atoms with Gasteiger partial charge in [-0.2, -0.15) is 0 Å². The Morgan fingerprint density at radius 3 is 2.23 bits per heavy atom. The number of aliphatic carboxylic acids is 2. The lowest BCUT2D eigenvalue weighted by molar-refractivity contribution is -0.173. The van der Waals surface area contributed by atoms with Gasteiger partial charge in [0.2, 0.25) is 11.4 Å². The van der Waals surface area contributed by atoms with Crippen LogP contribution in [0.2, 0.25) is 0 Å². The Hall–Kier alpha value is -3.30. The second kappa shape index (κ2) is 11.0. The number of amides is 1. The Morgan fingerprint density at radius 1 is 1.10 bits per heavy atom. The molecule has 1 amide bonds. The number of carboxylic acid groups (broad SMARTS) is 2. The number of ether oxygens (including phenoxy) is 2. The minimum atomic E-state index is -2.57. The Morgan fingerprint density at radius 2 is 1.73 bits per heavy atom. The Kier molecular flexibility index (Phi) is 9.10. The van der Waals surface area contributed by atoms with Crippen LogP contribution in [0.25, 0.3) is 0 Å². The first-order chi connectivity index (χ1) is 14.1. The summed E-state index contributed by atoms with van der Waals surface area (Å²) in [5.41, 5.74) is 3.59. The van der Waals surface area contributed by atoms with E-state index in [2.05, 4.69) is 0 Å². The van der Waals surface area contributed by atoms with Gasteiger partial charge in [0.05, 0.1) is 6.61 Å². The number of anilines is 1. The Balaban J connectivity index is 3.44. The number of hydrogen-bond acceptors (Lipinski definition) is 7. The maximum Gasteiger partial charge on any atom is 0.344 e. The first kappa shape index (κ1) is 24.7. The van der Waals surface area contributed by atoms with E-state index in [1.807, 2.05) is 0 Å². The van der Waals surface area contributed by atoms with Gasteiger partial charge < -0.3 is 30.3 Å². The fourth-order valence-electron chi connectivity index (χ4n) is 3.07.